The minimum absolute atomic E-state index is 0.0917. The van der Waals surface area contributed by atoms with E-state index in [1.54, 1.807) is 0 Å². The molecule has 0 aliphatic heterocycles. The van der Waals surface area contributed by atoms with Crippen molar-refractivity contribution in [1.29, 1.82) is 0 Å². The van der Waals surface area contributed by atoms with E-state index in [1.807, 2.05) is 0 Å². The molecule has 0 saturated carbocycles. The molecule has 0 fully saturated rings. The maximum Gasteiger partial charge on any atom is 0.472 e. The Kier molecular flexibility index (Phi) is 28.3. The number of phosphoric acid groups is 1. The second-order valence-electron chi connectivity index (χ2n) is 11.4. The molecule has 0 spiro atoms. The van der Waals surface area contributed by atoms with E-state index >= 15 is 0 Å². The fourth-order valence-electron chi connectivity index (χ4n) is 4.90. The van der Waals surface area contributed by atoms with Crippen LogP contribution in [0.4, 0.5) is 0 Å². The maximum atomic E-state index is 12.6. The first-order chi connectivity index (χ1) is 19.4. The molecule has 0 aliphatic carbocycles. The number of aliphatic hydroxyl groups is 1. The zero-order chi connectivity index (χ0) is 29.7. The van der Waals surface area contributed by atoms with E-state index in [0.717, 1.165) is 38.5 Å². The number of hydrogen-bond donors (Lipinski definition) is 4. The first kappa shape index (κ1) is 39.5. The van der Waals surface area contributed by atoms with Gasteiger partial charge in [0, 0.05) is 13.0 Å². The van der Waals surface area contributed by atoms with Crippen molar-refractivity contribution in [2.45, 2.75) is 174 Å². The normalized spacial score (nSPS) is 14.6. The highest BCUT2D eigenvalue weighted by Crippen LogP contribution is 2.43. The summed E-state index contributed by atoms with van der Waals surface area (Å²) in [7, 11) is -4.29. The Morgan fingerprint density at radius 3 is 1.60 bits per heavy atom. The predicted octanol–water partition coefficient (Wildman–Crippen LogP) is 7.94. The molecule has 3 atom stereocenters. The smallest absolute Gasteiger partial charge is 0.391 e. The molecular weight excluding hydrogens is 527 g/mol. The van der Waals surface area contributed by atoms with Gasteiger partial charge in [0.05, 0.1) is 25.4 Å². The van der Waals surface area contributed by atoms with Crippen molar-refractivity contribution in [3.63, 3.8) is 0 Å². The van der Waals surface area contributed by atoms with Crippen molar-refractivity contribution >= 4 is 13.7 Å². The van der Waals surface area contributed by atoms with E-state index in [1.165, 1.54) is 96.3 Å². The molecule has 0 radical (unpaired) electrons. The molecule has 5 N–H and O–H groups in total. The maximum absolute atomic E-state index is 12.6. The topological polar surface area (TPSA) is 131 Å². The zero-order valence-corrected chi connectivity index (χ0v) is 27.0. The summed E-state index contributed by atoms with van der Waals surface area (Å²) >= 11 is 0. The molecule has 0 heterocycles. The number of rotatable bonds is 31. The predicted molar refractivity (Wildman–Crippen MR) is 166 cm³/mol. The molecular formula is C31H65N2O6P. The Labute approximate surface area is 246 Å². The number of carbonyl (C=O) groups excluding carboxylic acids is 1. The van der Waals surface area contributed by atoms with Crippen molar-refractivity contribution < 1.29 is 28.4 Å². The number of unbranched alkanes of at least 4 members (excludes halogenated alkanes) is 19. The number of hydrogen-bond acceptors (Lipinski definition) is 6. The lowest BCUT2D eigenvalue weighted by molar-refractivity contribution is -0.123. The lowest BCUT2D eigenvalue weighted by atomic mass is 10.0. The number of nitrogens with one attached hydrogen (secondary N) is 1. The van der Waals surface area contributed by atoms with Gasteiger partial charge in [0.25, 0.3) is 0 Å². The van der Waals surface area contributed by atoms with E-state index in [2.05, 4.69) is 19.2 Å². The zero-order valence-electron chi connectivity index (χ0n) is 26.1. The highest BCUT2D eigenvalue weighted by atomic mass is 31.2. The minimum atomic E-state index is -4.29. The van der Waals surface area contributed by atoms with Gasteiger partial charge >= 0.3 is 7.82 Å². The highest BCUT2D eigenvalue weighted by molar-refractivity contribution is 7.47. The molecule has 0 bridgehead atoms. The van der Waals surface area contributed by atoms with E-state index in [4.69, 9.17) is 14.8 Å². The number of phosphoric ester groups is 1. The number of aliphatic hydroxyl groups excluding tert-OH is 1. The minimum Gasteiger partial charge on any atom is -0.391 e. The van der Waals surface area contributed by atoms with Gasteiger partial charge in [-0.05, 0) is 12.8 Å². The first-order valence-corrected chi connectivity index (χ1v) is 18.1. The quantitative estimate of drug-likeness (QED) is 0.0475. The lowest BCUT2D eigenvalue weighted by Crippen LogP contribution is -2.46. The standard InChI is InChI=1S/C31H65N2O6P/c1-3-5-7-9-11-13-15-17-19-21-23-25-31(35)33-29(28-39-40(36,37)38-27-26-32)30(34)24-22-20-18-16-14-12-10-8-6-4-2/h29-30,34H,3-28,32H2,1-2H3,(H,33,35)(H,36,37)/t29-,30+/m0/s1. The summed E-state index contributed by atoms with van der Waals surface area (Å²) in [5.41, 5.74) is 5.34. The fraction of sp³-hybridized carbons (Fsp3) is 0.968. The van der Waals surface area contributed by atoms with Gasteiger partial charge in [-0.3, -0.25) is 13.8 Å². The molecule has 240 valence electrons. The average molecular weight is 593 g/mol. The SMILES string of the molecule is CCCCCCCCCCCCCC(=O)N[C@@H](COP(=O)(O)OCCN)[C@H](O)CCCCCCCCCCCC. The van der Waals surface area contributed by atoms with E-state index < -0.39 is 20.0 Å². The summed E-state index contributed by atoms with van der Waals surface area (Å²) in [6, 6.07) is -0.763. The fourth-order valence-corrected chi connectivity index (χ4v) is 5.66. The van der Waals surface area contributed by atoms with Gasteiger partial charge in [0.15, 0.2) is 0 Å². The average Bonchev–Trinajstić information content (AvgIpc) is 2.93. The Morgan fingerprint density at radius 2 is 1.15 bits per heavy atom. The Bertz CT molecular complexity index is 610. The first-order valence-electron chi connectivity index (χ1n) is 16.7. The van der Waals surface area contributed by atoms with Crippen LogP contribution in [0.2, 0.25) is 0 Å². The molecule has 40 heavy (non-hydrogen) atoms. The summed E-state index contributed by atoms with van der Waals surface area (Å²) in [5, 5.41) is 13.6. The van der Waals surface area contributed by atoms with Crippen LogP contribution in [0.25, 0.3) is 0 Å². The molecule has 0 aromatic carbocycles. The summed E-state index contributed by atoms with van der Waals surface area (Å²) in [4.78, 5) is 22.5. The van der Waals surface area contributed by atoms with Crippen LogP contribution in [0.1, 0.15) is 162 Å². The van der Waals surface area contributed by atoms with Crippen molar-refractivity contribution in [3.8, 4) is 0 Å². The third-order valence-corrected chi connectivity index (χ3v) is 8.45. The van der Waals surface area contributed by atoms with Gasteiger partial charge in [0.1, 0.15) is 0 Å². The van der Waals surface area contributed by atoms with Crippen LogP contribution in [0.15, 0.2) is 0 Å². The molecule has 1 unspecified atom stereocenters. The van der Waals surface area contributed by atoms with Crippen LogP contribution in [0.3, 0.4) is 0 Å². The molecule has 0 rings (SSSR count). The van der Waals surface area contributed by atoms with Crippen LogP contribution in [0.5, 0.6) is 0 Å². The monoisotopic (exact) mass is 592 g/mol. The van der Waals surface area contributed by atoms with Crippen molar-refractivity contribution in [2.24, 2.45) is 5.73 Å². The molecule has 0 aromatic heterocycles. The Balaban J connectivity index is 4.32. The lowest BCUT2D eigenvalue weighted by Gasteiger charge is -2.25. The van der Waals surface area contributed by atoms with E-state index in [9.17, 15) is 19.4 Å². The van der Waals surface area contributed by atoms with Gasteiger partial charge in [-0.25, -0.2) is 4.57 Å². The molecule has 9 heteroatoms. The summed E-state index contributed by atoms with van der Waals surface area (Å²) in [6.45, 7) is 4.16. The van der Waals surface area contributed by atoms with Gasteiger partial charge in [0.2, 0.25) is 5.91 Å². The summed E-state index contributed by atoms with van der Waals surface area (Å²) in [6.07, 6.45) is 25.3. The summed E-state index contributed by atoms with van der Waals surface area (Å²) < 4.78 is 22.0. The van der Waals surface area contributed by atoms with Gasteiger partial charge < -0.3 is 21.1 Å². The van der Waals surface area contributed by atoms with Crippen LogP contribution in [-0.2, 0) is 18.4 Å². The molecule has 1 amide bonds. The van der Waals surface area contributed by atoms with Gasteiger partial charge in [-0.15, -0.1) is 0 Å². The van der Waals surface area contributed by atoms with Crippen molar-refractivity contribution in [3.05, 3.63) is 0 Å². The van der Waals surface area contributed by atoms with Gasteiger partial charge in [-0.2, -0.15) is 0 Å². The van der Waals surface area contributed by atoms with E-state index in [0.29, 0.717) is 12.8 Å². The van der Waals surface area contributed by atoms with Crippen LogP contribution in [0, 0.1) is 0 Å². The van der Waals surface area contributed by atoms with Gasteiger partial charge in [-0.1, -0.05) is 142 Å². The van der Waals surface area contributed by atoms with Crippen LogP contribution >= 0.6 is 7.82 Å². The summed E-state index contributed by atoms with van der Waals surface area (Å²) in [5.74, 6) is -0.165. The molecule has 0 aromatic rings. The highest BCUT2D eigenvalue weighted by Gasteiger charge is 2.27. The number of carbonyl (C=O) groups is 1. The van der Waals surface area contributed by atoms with Crippen molar-refractivity contribution in [1.82, 2.24) is 5.32 Å². The van der Waals surface area contributed by atoms with E-state index in [-0.39, 0.29) is 25.7 Å². The Hall–Kier alpha value is -0.500. The number of amides is 1. The van der Waals surface area contributed by atoms with Crippen LogP contribution < -0.4 is 11.1 Å². The third-order valence-electron chi connectivity index (χ3n) is 7.46. The van der Waals surface area contributed by atoms with Crippen molar-refractivity contribution in [2.75, 3.05) is 19.8 Å². The molecule has 0 aliphatic rings. The second kappa shape index (κ2) is 28.6. The number of nitrogens with two attached hydrogens (primary N) is 1. The molecule has 0 saturated heterocycles. The second-order valence-corrected chi connectivity index (χ2v) is 12.8. The Morgan fingerprint density at radius 1 is 0.725 bits per heavy atom. The third kappa shape index (κ3) is 26.4. The largest absolute Gasteiger partial charge is 0.472 e. The van der Waals surface area contributed by atoms with Crippen LogP contribution in [-0.4, -0.2) is 47.8 Å². The molecule has 8 nitrogen and oxygen atoms in total.